The Kier molecular flexibility index (Phi) is 30.1. The Morgan fingerprint density at radius 1 is 0.542 bits per heavy atom. The van der Waals surface area contributed by atoms with Crippen LogP contribution in [0.15, 0.2) is 9.98 Å². The van der Waals surface area contributed by atoms with Crippen LogP contribution in [0.3, 0.4) is 0 Å². The molecule has 0 radical (unpaired) electrons. The largest absolute Gasteiger partial charge is 0.481 e. The van der Waals surface area contributed by atoms with Crippen LogP contribution in [0, 0.1) is 0 Å². The van der Waals surface area contributed by atoms with E-state index in [2.05, 4.69) is 31.3 Å². The second-order valence-corrected chi connectivity index (χ2v) is 11.2. The molecule has 0 rings (SSSR count). The maximum atomic E-state index is 12.0. The molecule has 2 unspecified atom stereocenters. The molecule has 18 heteroatoms. The topological polar surface area (TPSA) is 335 Å². The van der Waals surface area contributed by atoms with E-state index < -0.39 is 18.1 Å². The number of unbranched alkanes of at least 4 members (excludes halogenated alkanes) is 6. The van der Waals surface area contributed by atoms with Gasteiger partial charge in [-0.3, -0.25) is 34.0 Å². The molecule has 17 N–H and O–H groups in total. The molecular formula is C30H62N12O6. The van der Waals surface area contributed by atoms with Crippen LogP contribution in [0.5, 0.6) is 0 Å². The van der Waals surface area contributed by atoms with Crippen molar-refractivity contribution in [2.45, 2.75) is 109 Å². The zero-order valence-corrected chi connectivity index (χ0v) is 28.6. The highest BCUT2D eigenvalue weighted by atomic mass is 16.4. The third kappa shape index (κ3) is 34.7. The van der Waals surface area contributed by atoms with Crippen LogP contribution in [0.4, 0.5) is 0 Å². The van der Waals surface area contributed by atoms with Gasteiger partial charge in [-0.15, -0.1) is 0 Å². The number of hydrogen-bond donors (Lipinski definition) is 11. The molecule has 4 amide bonds. The lowest BCUT2D eigenvalue weighted by Crippen LogP contribution is -2.41. The number of aliphatic carboxylic acids is 1. The van der Waals surface area contributed by atoms with Crippen LogP contribution in [-0.2, 0) is 24.0 Å². The summed E-state index contributed by atoms with van der Waals surface area (Å²) in [5.41, 5.74) is 32.7. The van der Waals surface area contributed by atoms with Crippen LogP contribution >= 0.6 is 0 Å². The highest BCUT2D eigenvalue weighted by Gasteiger charge is 2.13. The van der Waals surface area contributed by atoms with E-state index in [1.165, 1.54) is 0 Å². The highest BCUT2D eigenvalue weighted by Crippen LogP contribution is 2.01. The fourth-order valence-electron chi connectivity index (χ4n) is 4.05. The average Bonchev–Trinajstić information content (AvgIpc) is 3.01. The molecule has 278 valence electrons. The van der Waals surface area contributed by atoms with Gasteiger partial charge in [-0.25, -0.2) is 0 Å². The number of amides is 4. The Bertz CT molecular complexity index is 898. The highest BCUT2D eigenvalue weighted by molar-refractivity contribution is 5.83. The number of hydrogen-bond acceptors (Lipinski definition) is 9. The van der Waals surface area contributed by atoms with E-state index in [-0.39, 0.29) is 48.4 Å². The van der Waals surface area contributed by atoms with Crippen molar-refractivity contribution in [3.05, 3.63) is 0 Å². The van der Waals surface area contributed by atoms with Crippen molar-refractivity contribution in [3.8, 4) is 0 Å². The summed E-state index contributed by atoms with van der Waals surface area (Å²) >= 11 is 0. The summed E-state index contributed by atoms with van der Waals surface area (Å²) < 4.78 is 0. The lowest BCUT2D eigenvalue weighted by Gasteiger charge is -2.11. The Labute approximate surface area is 284 Å². The third-order valence-electron chi connectivity index (χ3n) is 6.64. The molecule has 0 aromatic carbocycles. The molecule has 0 aliphatic heterocycles. The molecule has 0 saturated carbocycles. The Balaban J connectivity index is 0. The van der Waals surface area contributed by atoms with Gasteiger partial charge in [0, 0.05) is 59.0 Å². The van der Waals surface area contributed by atoms with Crippen LogP contribution < -0.4 is 55.7 Å². The minimum atomic E-state index is -0.833. The Hall–Kier alpha value is -4.19. The molecule has 0 heterocycles. The van der Waals surface area contributed by atoms with Gasteiger partial charge in [0.2, 0.25) is 23.6 Å². The predicted octanol–water partition coefficient (Wildman–Crippen LogP) is -1.80. The first-order valence-electron chi connectivity index (χ1n) is 16.7. The van der Waals surface area contributed by atoms with E-state index >= 15 is 0 Å². The van der Waals surface area contributed by atoms with Crippen LogP contribution in [0.1, 0.15) is 96.8 Å². The first-order valence-corrected chi connectivity index (χ1v) is 16.7. The molecule has 0 aliphatic rings. The molecule has 18 nitrogen and oxygen atoms in total. The lowest BCUT2D eigenvalue weighted by atomic mass is 10.1. The number of aliphatic imine (C=N–C) groups is 2. The van der Waals surface area contributed by atoms with Crippen LogP contribution in [0.2, 0.25) is 0 Å². The minimum absolute atomic E-state index is 0.0268. The zero-order chi connectivity index (χ0) is 36.6. The maximum Gasteiger partial charge on any atom is 0.300 e. The number of rotatable bonds is 27. The monoisotopic (exact) mass is 686 g/mol. The summed E-state index contributed by atoms with van der Waals surface area (Å²) in [6, 6.07) is -1.16. The van der Waals surface area contributed by atoms with Gasteiger partial charge in [0.1, 0.15) is 0 Å². The second-order valence-electron chi connectivity index (χ2n) is 11.2. The number of nitrogens with zero attached hydrogens (tertiary/aromatic N) is 2. The van der Waals surface area contributed by atoms with Crippen molar-refractivity contribution in [1.82, 2.24) is 21.3 Å². The number of carboxylic acid groups (broad SMARTS) is 1. The van der Waals surface area contributed by atoms with Crippen molar-refractivity contribution in [3.63, 3.8) is 0 Å². The predicted molar refractivity (Wildman–Crippen MR) is 187 cm³/mol. The molecule has 0 spiro atoms. The van der Waals surface area contributed by atoms with Crippen LogP contribution in [-0.4, -0.2) is 98.0 Å². The van der Waals surface area contributed by atoms with E-state index in [0.717, 1.165) is 58.3 Å². The first-order chi connectivity index (χ1) is 22.8. The summed E-state index contributed by atoms with van der Waals surface area (Å²) in [6.07, 6.45) is 9.59. The Morgan fingerprint density at radius 2 is 0.833 bits per heavy atom. The van der Waals surface area contributed by atoms with Crippen molar-refractivity contribution < 1.29 is 29.1 Å². The third-order valence-corrected chi connectivity index (χ3v) is 6.64. The standard InChI is InChI=1S/C28H58N12O4.C2H4O2/c29-21(11-9-19-39-27(31)32)25(43)37-17-7-3-1-5-15-35-23(41)13-14-24(42)36-16-6-2-4-8-18-38-26(44)22(30)12-10-20-40-28(33)34;1-2(3)4/h21-22H,1-20,29-30H2,(H,35,41)(H,36,42)(H,37,43)(H,38,44)(H4,31,32,39)(H4,33,34,40);1H3,(H,3,4). The van der Waals surface area contributed by atoms with E-state index in [1.807, 2.05) is 0 Å². The van der Waals surface area contributed by atoms with Gasteiger partial charge in [-0.2, -0.15) is 0 Å². The van der Waals surface area contributed by atoms with Gasteiger partial charge in [0.25, 0.3) is 5.97 Å². The van der Waals surface area contributed by atoms with Crippen LogP contribution in [0.25, 0.3) is 0 Å². The molecule has 48 heavy (non-hydrogen) atoms. The minimum Gasteiger partial charge on any atom is -0.481 e. The lowest BCUT2D eigenvalue weighted by molar-refractivity contribution is -0.134. The summed E-state index contributed by atoms with van der Waals surface area (Å²) in [7, 11) is 0. The summed E-state index contributed by atoms with van der Waals surface area (Å²) in [6.45, 7) is 4.20. The Morgan fingerprint density at radius 3 is 1.12 bits per heavy atom. The van der Waals surface area contributed by atoms with Crippen molar-refractivity contribution in [2.75, 3.05) is 39.3 Å². The normalized spacial score (nSPS) is 11.5. The molecule has 0 aliphatic carbocycles. The molecule has 0 aromatic rings. The van der Waals surface area contributed by atoms with Crippen molar-refractivity contribution in [1.29, 1.82) is 0 Å². The number of carbonyl (C=O) groups is 5. The number of nitrogens with two attached hydrogens (primary N) is 6. The summed E-state index contributed by atoms with van der Waals surface area (Å²) in [4.78, 5) is 64.6. The van der Waals surface area contributed by atoms with Gasteiger partial charge in [0.05, 0.1) is 12.1 Å². The molecule has 0 saturated heterocycles. The average molecular weight is 687 g/mol. The molecule has 0 bridgehead atoms. The van der Waals surface area contributed by atoms with E-state index in [1.54, 1.807) is 0 Å². The quantitative estimate of drug-likeness (QED) is 0.0259. The van der Waals surface area contributed by atoms with E-state index in [9.17, 15) is 19.2 Å². The smallest absolute Gasteiger partial charge is 0.300 e. The van der Waals surface area contributed by atoms with Gasteiger partial charge in [0.15, 0.2) is 11.9 Å². The van der Waals surface area contributed by atoms with Gasteiger partial charge >= 0.3 is 0 Å². The molecule has 0 aromatic heterocycles. The number of nitrogens with one attached hydrogen (secondary N) is 4. The SMILES string of the molecule is CC(=O)O.NC(N)=NCCCC(N)C(=O)NCCCCCCNC(=O)CCC(=O)NCCCCCCNC(=O)C(N)CCCN=C(N)N. The summed E-state index contributed by atoms with van der Waals surface area (Å²) in [5.74, 6) is -1.43. The van der Waals surface area contributed by atoms with Crippen molar-refractivity contribution >= 4 is 41.5 Å². The second kappa shape index (κ2) is 31.4. The van der Waals surface area contributed by atoms with Crippen molar-refractivity contribution in [2.24, 2.45) is 44.4 Å². The van der Waals surface area contributed by atoms with E-state index in [0.29, 0.717) is 65.0 Å². The molecule has 2 atom stereocenters. The van der Waals surface area contributed by atoms with Gasteiger partial charge in [-0.05, 0) is 51.4 Å². The maximum absolute atomic E-state index is 12.0. The summed E-state index contributed by atoms with van der Waals surface area (Å²) in [5, 5.41) is 18.8. The number of carboxylic acids is 1. The number of guanidine groups is 2. The van der Waals surface area contributed by atoms with Gasteiger partial charge in [-0.1, -0.05) is 25.7 Å². The fourth-order valence-corrected chi connectivity index (χ4v) is 4.05. The first kappa shape index (κ1) is 45.9. The zero-order valence-electron chi connectivity index (χ0n) is 28.6. The van der Waals surface area contributed by atoms with Gasteiger partial charge < -0.3 is 60.8 Å². The number of carbonyl (C=O) groups excluding carboxylic acids is 4. The van der Waals surface area contributed by atoms with E-state index in [4.69, 9.17) is 44.3 Å². The molecule has 0 fully saturated rings. The molecular weight excluding hydrogens is 624 g/mol. The fraction of sp³-hybridized carbons (Fsp3) is 0.767.